The minimum absolute atomic E-state index is 0.318. The van der Waals surface area contributed by atoms with Crippen LogP contribution in [0.25, 0.3) is 11.3 Å². The van der Waals surface area contributed by atoms with Gasteiger partial charge in [-0.1, -0.05) is 24.3 Å². The van der Waals surface area contributed by atoms with E-state index in [9.17, 15) is 8.42 Å². The van der Waals surface area contributed by atoms with E-state index in [0.29, 0.717) is 81.3 Å². The average Bonchev–Trinajstić information content (AvgIpc) is 3.50. The van der Waals surface area contributed by atoms with Crippen molar-refractivity contribution in [3.63, 3.8) is 0 Å². The maximum atomic E-state index is 12.6. The third kappa shape index (κ3) is 6.38. The number of hydrogen-bond donors (Lipinski definition) is 0. The van der Waals surface area contributed by atoms with Crippen molar-refractivity contribution in [1.82, 2.24) is 19.9 Å². The molecular formula is C31H35N7O5S. The van der Waals surface area contributed by atoms with E-state index in [2.05, 4.69) is 4.90 Å². The summed E-state index contributed by atoms with van der Waals surface area (Å²) in [4.78, 5) is 23.3. The molecule has 4 aromatic rings. The van der Waals surface area contributed by atoms with Crippen LogP contribution in [0, 0.1) is 0 Å². The summed E-state index contributed by atoms with van der Waals surface area (Å²) in [5, 5.41) is 0. The van der Waals surface area contributed by atoms with Gasteiger partial charge in [0.15, 0.2) is 5.82 Å². The predicted molar refractivity (Wildman–Crippen MR) is 168 cm³/mol. The van der Waals surface area contributed by atoms with Gasteiger partial charge in [0.25, 0.3) is 0 Å². The standard InChI is InChI=1S/C31H35N7O5S/c1-41-25-8-4-22(5-9-25)20-37(21-23-6-10-26(42-2)11-7-23)30-32-18-24(19-33-30)28-27-12-13-38(44(3,39)40)29(27)35-31(34-28)36-14-16-43-17-15-36/h4-11,18-19H,12-17,20-21H2,1-3H3. The van der Waals surface area contributed by atoms with Crippen molar-refractivity contribution in [2.24, 2.45) is 0 Å². The van der Waals surface area contributed by atoms with Gasteiger partial charge in [0.2, 0.25) is 21.9 Å². The first-order chi connectivity index (χ1) is 21.3. The summed E-state index contributed by atoms with van der Waals surface area (Å²) in [5.74, 6) is 3.03. The number of aromatic nitrogens is 4. The molecule has 1 fully saturated rings. The van der Waals surface area contributed by atoms with Crippen LogP contribution < -0.4 is 23.6 Å². The zero-order valence-corrected chi connectivity index (χ0v) is 25.8. The third-order valence-electron chi connectivity index (χ3n) is 7.73. The highest BCUT2D eigenvalue weighted by molar-refractivity contribution is 7.92. The first-order valence-electron chi connectivity index (χ1n) is 14.4. The molecule has 0 amide bonds. The molecule has 0 radical (unpaired) electrons. The Hall–Kier alpha value is -4.49. The average molecular weight is 618 g/mol. The van der Waals surface area contributed by atoms with Gasteiger partial charge < -0.3 is 24.0 Å². The Kier molecular flexibility index (Phi) is 8.49. The van der Waals surface area contributed by atoms with E-state index in [0.717, 1.165) is 28.2 Å². The van der Waals surface area contributed by atoms with Crippen LogP contribution in [0.4, 0.5) is 17.7 Å². The molecule has 230 valence electrons. The van der Waals surface area contributed by atoms with Crippen LogP contribution in [0.1, 0.15) is 16.7 Å². The van der Waals surface area contributed by atoms with Gasteiger partial charge >= 0.3 is 0 Å². The number of methoxy groups -OCH3 is 2. The van der Waals surface area contributed by atoms with Crippen LogP contribution in [0.5, 0.6) is 11.5 Å². The highest BCUT2D eigenvalue weighted by atomic mass is 32.2. The lowest BCUT2D eigenvalue weighted by atomic mass is 10.1. The second-order valence-corrected chi connectivity index (χ2v) is 12.6. The molecule has 6 rings (SSSR count). The van der Waals surface area contributed by atoms with E-state index in [-0.39, 0.29) is 0 Å². The van der Waals surface area contributed by atoms with Crippen LogP contribution in [-0.4, -0.2) is 81.7 Å². The number of hydrogen-bond acceptors (Lipinski definition) is 11. The molecule has 0 N–H and O–H groups in total. The Balaban J connectivity index is 1.35. The fourth-order valence-electron chi connectivity index (χ4n) is 5.39. The largest absolute Gasteiger partial charge is 0.497 e. The predicted octanol–water partition coefficient (Wildman–Crippen LogP) is 3.32. The second kappa shape index (κ2) is 12.6. The summed E-state index contributed by atoms with van der Waals surface area (Å²) in [6, 6.07) is 15.9. The first kappa shape index (κ1) is 29.6. The van der Waals surface area contributed by atoms with Crippen molar-refractivity contribution in [3.8, 4) is 22.8 Å². The lowest BCUT2D eigenvalue weighted by Crippen LogP contribution is -2.38. The molecule has 0 atom stereocenters. The van der Waals surface area contributed by atoms with Crippen molar-refractivity contribution < 1.29 is 22.6 Å². The van der Waals surface area contributed by atoms with Crippen LogP contribution >= 0.6 is 0 Å². The lowest BCUT2D eigenvalue weighted by Gasteiger charge is -2.28. The van der Waals surface area contributed by atoms with E-state index < -0.39 is 10.0 Å². The van der Waals surface area contributed by atoms with Gasteiger partial charge in [0.1, 0.15) is 11.5 Å². The molecule has 0 unspecified atom stereocenters. The number of benzene rings is 2. The fourth-order valence-corrected chi connectivity index (χ4v) is 6.28. The molecule has 2 aliphatic rings. The molecule has 0 aliphatic carbocycles. The Morgan fingerprint density at radius 3 is 1.93 bits per heavy atom. The lowest BCUT2D eigenvalue weighted by molar-refractivity contribution is 0.122. The molecule has 0 spiro atoms. The Bertz CT molecular complexity index is 1650. The van der Waals surface area contributed by atoms with E-state index in [1.807, 2.05) is 53.4 Å². The molecule has 2 aromatic carbocycles. The molecule has 4 heterocycles. The van der Waals surface area contributed by atoms with Gasteiger partial charge in [-0.15, -0.1) is 0 Å². The summed E-state index contributed by atoms with van der Waals surface area (Å²) in [6.07, 6.45) is 5.22. The number of morpholine rings is 1. The maximum Gasteiger partial charge on any atom is 0.233 e. The molecule has 12 nitrogen and oxygen atoms in total. The summed E-state index contributed by atoms with van der Waals surface area (Å²) >= 11 is 0. The maximum absolute atomic E-state index is 12.6. The number of nitrogens with zero attached hydrogens (tertiary/aromatic N) is 7. The summed E-state index contributed by atoms with van der Waals surface area (Å²) in [6.45, 7) is 3.82. The Morgan fingerprint density at radius 1 is 0.841 bits per heavy atom. The number of anilines is 3. The SMILES string of the molecule is COc1ccc(CN(Cc2ccc(OC)cc2)c2ncc(-c3nc(N4CCOCC4)nc4c3CCN4S(C)(=O)=O)cn2)cc1. The van der Waals surface area contributed by atoms with E-state index in [1.165, 1.54) is 10.6 Å². The van der Waals surface area contributed by atoms with Crippen LogP contribution in [0.3, 0.4) is 0 Å². The number of rotatable bonds is 10. The number of fused-ring (bicyclic) bond motifs is 1. The van der Waals surface area contributed by atoms with Gasteiger partial charge in [0, 0.05) is 56.2 Å². The Labute approximate surface area is 257 Å². The second-order valence-electron chi connectivity index (χ2n) is 10.7. The molecule has 2 aliphatic heterocycles. The highest BCUT2D eigenvalue weighted by Crippen LogP contribution is 2.36. The number of sulfonamides is 1. The van der Waals surface area contributed by atoms with Crippen LogP contribution in [0.2, 0.25) is 0 Å². The molecule has 0 saturated carbocycles. The molecule has 2 aromatic heterocycles. The monoisotopic (exact) mass is 617 g/mol. The quantitative estimate of drug-likeness (QED) is 0.260. The van der Waals surface area contributed by atoms with Gasteiger partial charge in [-0.2, -0.15) is 4.98 Å². The summed E-state index contributed by atoms with van der Waals surface area (Å²) in [5.41, 5.74) is 4.28. The zero-order chi connectivity index (χ0) is 30.7. The van der Waals surface area contributed by atoms with Gasteiger partial charge in [-0.25, -0.2) is 23.4 Å². The molecular weight excluding hydrogens is 582 g/mol. The van der Waals surface area contributed by atoms with Gasteiger partial charge in [-0.3, -0.25) is 4.31 Å². The smallest absolute Gasteiger partial charge is 0.233 e. The van der Waals surface area contributed by atoms with Crippen LogP contribution in [-0.2, 0) is 34.3 Å². The Morgan fingerprint density at radius 2 is 1.41 bits per heavy atom. The third-order valence-corrected chi connectivity index (χ3v) is 8.88. The van der Waals surface area contributed by atoms with Crippen LogP contribution in [0.15, 0.2) is 60.9 Å². The number of ether oxygens (including phenoxy) is 3. The minimum atomic E-state index is -3.50. The highest BCUT2D eigenvalue weighted by Gasteiger charge is 2.33. The summed E-state index contributed by atoms with van der Waals surface area (Å²) in [7, 11) is -0.205. The van der Waals surface area contributed by atoms with E-state index in [1.54, 1.807) is 26.6 Å². The van der Waals surface area contributed by atoms with Gasteiger partial charge in [-0.05, 0) is 41.8 Å². The van der Waals surface area contributed by atoms with Crippen molar-refractivity contribution in [1.29, 1.82) is 0 Å². The van der Waals surface area contributed by atoms with Crippen molar-refractivity contribution >= 4 is 27.7 Å². The van der Waals surface area contributed by atoms with Crippen molar-refractivity contribution in [2.75, 3.05) is 67.4 Å². The molecule has 1 saturated heterocycles. The van der Waals surface area contributed by atoms with E-state index >= 15 is 0 Å². The summed E-state index contributed by atoms with van der Waals surface area (Å²) < 4.78 is 42.7. The van der Waals surface area contributed by atoms with E-state index in [4.69, 9.17) is 34.1 Å². The topological polar surface area (TPSA) is 123 Å². The fraction of sp³-hybridized carbons (Fsp3) is 0.355. The minimum Gasteiger partial charge on any atom is -0.497 e. The normalized spacial score (nSPS) is 14.8. The zero-order valence-electron chi connectivity index (χ0n) is 25.0. The first-order valence-corrected chi connectivity index (χ1v) is 16.2. The molecule has 44 heavy (non-hydrogen) atoms. The van der Waals surface area contributed by atoms with Crippen molar-refractivity contribution in [3.05, 3.63) is 77.6 Å². The molecule has 0 bridgehead atoms. The molecule has 13 heteroatoms. The van der Waals surface area contributed by atoms with Gasteiger partial charge in [0.05, 0.1) is 39.4 Å². The van der Waals surface area contributed by atoms with Crippen molar-refractivity contribution in [2.45, 2.75) is 19.5 Å².